The van der Waals surface area contributed by atoms with E-state index < -0.39 is 15.9 Å². The molecule has 0 bridgehead atoms. The molecule has 0 saturated carbocycles. The Balaban J connectivity index is 1.68. The Bertz CT molecular complexity index is 1030. The first-order valence-corrected chi connectivity index (χ1v) is 11.9. The van der Waals surface area contributed by atoms with Crippen molar-refractivity contribution in [3.05, 3.63) is 47.5 Å². The van der Waals surface area contributed by atoms with Crippen molar-refractivity contribution in [3.8, 4) is 17.2 Å². The second-order valence-corrected chi connectivity index (χ2v) is 9.70. The molecule has 1 aliphatic heterocycles. The van der Waals surface area contributed by atoms with E-state index in [1.807, 2.05) is 6.92 Å². The lowest BCUT2D eigenvalue weighted by Gasteiger charge is -2.31. The minimum atomic E-state index is -3.63. The minimum absolute atomic E-state index is 0.164. The Morgan fingerprint density at radius 2 is 1.69 bits per heavy atom. The van der Waals surface area contributed by atoms with E-state index in [1.54, 1.807) is 36.4 Å². The number of carbonyl (C=O) groups is 1. The molecule has 1 aliphatic rings. The number of piperidine rings is 1. The molecule has 3 rings (SSSR count). The van der Waals surface area contributed by atoms with Crippen LogP contribution >= 0.6 is 0 Å². The maximum atomic E-state index is 13.0. The van der Waals surface area contributed by atoms with Crippen LogP contribution in [0.15, 0.2) is 41.3 Å². The van der Waals surface area contributed by atoms with Crippen molar-refractivity contribution < 1.29 is 27.4 Å². The molecule has 1 saturated heterocycles. The number of sulfonamides is 1. The van der Waals surface area contributed by atoms with Gasteiger partial charge in [-0.15, -0.1) is 0 Å². The molecule has 174 valence electrons. The Hall–Kier alpha value is -2.78. The van der Waals surface area contributed by atoms with Crippen LogP contribution in [0.25, 0.3) is 0 Å². The number of aryl methyl sites for hydroxylation is 1. The van der Waals surface area contributed by atoms with Crippen LogP contribution < -0.4 is 19.5 Å². The molecule has 0 unspecified atom stereocenters. The van der Waals surface area contributed by atoms with Crippen LogP contribution in [-0.2, 0) is 21.4 Å². The third-order valence-electron chi connectivity index (χ3n) is 5.60. The van der Waals surface area contributed by atoms with Gasteiger partial charge in [-0.05, 0) is 49.6 Å². The van der Waals surface area contributed by atoms with Crippen molar-refractivity contribution in [2.45, 2.75) is 31.2 Å². The van der Waals surface area contributed by atoms with Gasteiger partial charge < -0.3 is 19.5 Å². The number of benzene rings is 2. The molecular formula is C23H30N2O6S. The summed E-state index contributed by atoms with van der Waals surface area (Å²) in [6.07, 6.45) is 1.27. The summed E-state index contributed by atoms with van der Waals surface area (Å²) in [5.74, 6) is 0.899. The van der Waals surface area contributed by atoms with Crippen molar-refractivity contribution in [2.75, 3.05) is 34.4 Å². The highest BCUT2D eigenvalue weighted by molar-refractivity contribution is 7.89. The fourth-order valence-electron chi connectivity index (χ4n) is 3.81. The fraction of sp³-hybridized carbons (Fsp3) is 0.435. The second kappa shape index (κ2) is 10.2. The summed E-state index contributed by atoms with van der Waals surface area (Å²) in [4.78, 5) is 13.1. The summed E-state index contributed by atoms with van der Waals surface area (Å²) < 4.78 is 43.4. The molecule has 1 amide bonds. The first-order valence-electron chi connectivity index (χ1n) is 10.4. The molecule has 2 aromatic carbocycles. The molecule has 32 heavy (non-hydrogen) atoms. The lowest BCUT2D eigenvalue weighted by atomic mass is 9.98. The monoisotopic (exact) mass is 462 g/mol. The van der Waals surface area contributed by atoms with Crippen LogP contribution in [0.3, 0.4) is 0 Å². The number of amides is 1. The minimum Gasteiger partial charge on any atom is -0.493 e. The highest BCUT2D eigenvalue weighted by atomic mass is 32.2. The molecule has 8 nitrogen and oxygen atoms in total. The van der Waals surface area contributed by atoms with E-state index in [2.05, 4.69) is 5.32 Å². The summed E-state index contributed by atoms with van der Waals surface area (Å²) in [6, 6.07) is 10.3. The van der Waals surface area contributed by atoms with Crippen LogP contribution in [-0.4, -0.2) is 53.0 Å². The number of nitrogens with one attached hydrogen (secondary N) is 1. The Kier molecular flexibility index (Phi) is 7.63. The summed E-state index contributed by atoms with van der Waals surface area (Å²) >= 11 is 0. The van der Waals surface area contributed by atoms with Crippen molar-refractivity contribution in [1.29, 1.82) is 0 Å². The maximum absolute atomic E-state index is 13.0. The number of rotatable bonds is 8. The first-order chi connectivity index (χ1) is 15.3. The van der Waals surface area contributed by atoms with Gasteiger partial charge in [0.2, 0.25) is 21.7 Å². The van der Waals surface area contributed by atoms with Crippen LogP contribution in [0.5, 0.6) is 17.2 Å². The van der Waals surface area contributed by atoms with Gasteiger partial charge in [0.05, 0.1) is 32.1 Å². The second-order valence-electron chi connectivity index (χ2n) is 7.77. The predicted octanol–water partition coefficient (Wildman–Crippen LogP) is 2.74. The average molecular weight is 463 g/mol. The van der Waals surface area contributed by atoms with Gasteiger partial charge >= 0.3 is 0 Å². The zero-order chi connectivity index (χ0) is 23.3. The van der Waals surface area contributed by atoms with Crippen LogP contribution in [0.4, 0.5) is 0 Å². The van der Waals surface area contributed by atoms with E-state index >= 15 is 0 Å². The third kappa shape index (κ3) is 5.16. The van der Waals surface area contributed by atoms with Crippen LogP contribution in [0.1, 0.15) is 24.0 Å². The van der Waals surface area contributed by atoms with E-state index in [0.717, 1.165) is 11.1 Å². The first kappa shape index (κ1) is 23.9. The Morgan fingerprint density at radius 1 is 1.06 bits per heavy atom. The van der Waals surface area contributed by atoms with Gasteiger partial charge in [0.25, 0.3) is 0 Å². The van der Waals surface area contributed by atoms with Gasteiger partial charge in [0.15, 0.2) is 11.5 Å². The van der Waals surface area contributed by atoms with Crippen LogP contribution in [0, 0.1) is 12.8 Å². The lowest BCUT2D eigenvalue weighted by Crippen LogP contribution is -2.45. The summed E-state index contributed by atoms with van der Waals surface area (Å²) in [6.45, 7) is 2.74. The fourth-order valence-corrected chi connectivity index (χ4v) is 5.33. The van der Waals surface area contributed by atoms with E-state index in [9.17, 15) is 13.2 Å². The molecule has 1 heterocycles. The van der Waals surface area contributed by atoms with Gasteiger partial charge in [-0.2, -0.15) is 4.31 Å². The largest absolute Gasteiger partial charge is 0.493 e. The highest BCUT2D eigenvalue weighted by Crippen LogP contribution is 2.38. The maximum Gasteiger partial charge on any atom is 0.243 e. The van der Waals surface area contributed by atoms with Crippen molar-refractivity contribution >= 4 is 15.9 Å². The molecule has 1 N–H and O–H groups in total. The number of ether oxygens (including phenoxy) is 3. The molecule has 0 radical (unpaired) electrons. The molecule has 1 atom stereocenters. The van der Waals surface area contributed by atoms with Gasteiger partial charge in [0.1, 0.15) is 0 Å². The Labute approximate surface area is 189 Å². The van der Waals surface area contributed by atoms with E-state index in [0.29, 0.717) is 36.6 Å². The number of hydrogen-bond donors (Lipinski definition) is 1. The van der Waals surface area contributed by atoms with Crippen molar-refractivity contribution in [1.82, 2.24) is 9.62 Å². The highest BCUT2D eigenvalue weighted by Gasteiger charge is 2.33. The lowest BCUT2D eigenvalue weighted by molar-refractivity contribution is -0.126. The topological polar surface area (TPSA) is 94.2 Å². The van der Waals surface area contributed by atoms with Gasteiger partial charge in [0, 0.05) is 19.6 Å². The zero-order valence-corrected chi connectivity index (χ0v) is 19.7. The van der Waals surface area contributed by atoms with Crippen molar-refractivity contribution in [2.24, 2.45) is 5.92 Å². The predicted molar refractivity (Wildman–Crippen MR) is 121 cm³/mol. The van der Waals surface area contributed by atoms with Crippen molar-refractivity contribution in [3.63, 3.8) is 0 Å². The number of nitrogens with zero attached hydrogens (tertiary/aromatic N) is 1. The van der Waals surface area contributed by atoms with Gasteiger partial charge in [-0.25, -0.2) is 8.42 Å². The number of hydrogen-bond acceptors (Lipinski definition) is 6. The third-order valence-corrected chi connectivity index (χ3v) is 7.48. The van der Waals surface area contributed by atoms with Gasteiger partial charge in [-0.1, -0.05) is 17.7 Å². The average Bonchev–Trinajstić information content (AvgIpc) is 2.82. The summed E-state index contributed by atoms with van der Waals surface area (Å²) in [7, 11) is 0.962. The quantitative estimate of drug-likeness (QED) is 0.648. The van der Waals surface area contributed by atoms with Crippen LogP contribution in [0.2, 0.25) is 0 Å². The van der Waals surface area contributed by atoms with Gasteiger partial charge in [-0.3, -0.25) is 4.79 Å². The molecule has 1 fully saturated rings. The SMILES string of the molecule is COc1cc(CNC(=O)[C@@H]2CCCN(S(=O)(=O)c3ccc(C)cc3)C2)cc(OC)c1OC. The summed E-state index contributed by atoms with van der Waals surface area (Å²) in [5, 5.41) is 2.92. The Morgan fingerprint density at radius 3 is 2.25 bits per heavy atom. The molecule has 9 heteroatoms. The molecule has 0 spiro atoms. The zero-order valence-electron chi connectivity index (χ0n) is 18.9. The molecule has 2 aromatic rings. The number of carbonyl (C=O) groups excluding carboxylic acids is 1. The smallest absolute Gasteiger partial charge is 0.243 e. The van der Waals surface area contributed by atoms with E-state index in [-0.39, 0.29) is 23.9 Å². The van der Waals surface area contributed by atoms with E-state index in [4.69, 9.17) is 14.2 Å². The molecule has 0 aromatic heterocycles. The number of methoxy groups -OCH3 is 3. The molecular weight excluding hydrogens is 432 g/mol. The standard InChI is InChI=1S/C23H30N2O6S/c1-16-7-9-19(10-8-16)32(27,28)25-11-5-6-18(15-25)23(26)24-14-17-12-20(29-2)22(31-4)21(13-17)30-3/h7-10,12-13,18H,5-6,11,14-15H2,1-4H3,(H,24,26)/t18-/m1/s1. The van der Waals surface area contributed by atoms with E-state index in [1.165, 1.54) is 25.6 Å². The summed E-state index contributed by atoms with van der Waals surface area (Å²) in [5.41, 5.74) is 1.78. The molecule has 0 aliphatic carbocycles. The normalized spacial score (nSPS) is 16.9.